The molecule has 0 spiro atoms. The van der Waals surface area contributed by atoms with Crippen LogP contribution in [0.3, 0.4) is 0 Å². The zero-order valence-corrected chi connectivity index (χ0v) is 8.67. The van der Waals surface area contributed by atoms with Gasteiger partial charge in [0.05, 0.1) is 0 Å². The first-order chi connectivity index (χ1) is 5.95. The minimum absolute atomic E-state index is 0.0822. The van der Waals surface area contributed by atoms with Gasteiger partial charge in [-0.05, 0) is 18.3 Å². The van der Waals surface area contributed by atoms with Gasteiger partial charge in [-0.15, -0.1) is 0 Å². The van der Waals surface area contributed by atoms with Crippen molar-refractivity contribution in [1.82, 2.24) is 0 Å². The number of nitrogens with zero attached hydrogens (tertiary/aromatic N) is 1. The fraction of sp³-hybridized carbons (Fsp3) is 0.900. The highest BCUT2D eigenvalue weighted by molar-refractivity contribution is 5.97. The zero-order valence-electron chi connectivity index (χ0n) is 8.67. The van der Waals surface area contributed by atoms with Crippen LogP contribution in [0.2, 0.25) is 0 Å². The van der Waals surface area contributed by atoms with Crippen LogP contribution in [0.15, 0.2) is 5.16 Å². The van der Waals surface area contributed by atoms with Gasteiger partial charge in [0.25, 0.3) is 0 Å². The molecule has 2 rings (SSSR count). The van der Waals surface area contributed by atoms with E-state index >= 15 is 0 Å². The van der Waals surface area contributed by atoms with E-state index in [1.165, 1.54) is 6.42 Å². The molecular formula is C10H19N2O+. The number of oxime groups is 1. The van der Waals surface area contributed by atoms with Gasteiger partial charge < -0.3 is 10.9 Å². The predicted molar refractivity (Wildman–Crippen MR) is 50.5 cm³/mol. The summed E-state index contributed by atoms with van der Waals surface area (Å²) in [4.78, 5) is 0. The van der Waals surface area contributed by atoms with E-state index < -0.39 is 0 Å². The monoisotopic (exact) mass is 183 g/mol. The molecule has 0 heterocycles. The largest absolute Gasteiger partial charge is 0.411 e. The van der Waals surface area contributed by atoms with Crippen LogP contribution < -0.4 is 5.73 Å². The molecule has 2 aliphatic rings. The van der Waals surface area contributed by atoms with Gasteiger partial charge in [0.2, 0.25) is 0 Å². The number of quaternary nitrogens is 1. The van der Waals surface area contributed by atoms with Crippen LogP contribution in [0.4, 0.5) is 0 Å². The molecule has 0 aromatic carbocycles. The zero-order chi connectivity index (χ0) is 9.85. The predicted octanol–water partition coefficient (Wildman–Crippen LogP) is 0.883. The summed E-state index contributed by atoms with van der Waals surface area (Å²) >= 11 is 0. The molecule has 4 N–H and O–H groups in total. The molecular weight excluding hydrogens is 164 g/mol. The molecule has 74 valence electrons. The Balaban J connectivity index is 2.52. The number of hydrogen-bond donors (Lipinski definition) is 2. The lowest BCUT2D eigenvalue weighted by atomic mass is 9.70. The Morgan fingerprint density at radius 3 is 2.38 bits per heavy atom. The maximum Gasteiger partial charge on any atom is 0.131 e. The Morgan fingerprint density at radius 1 is 1.46 bits per heavy atom. The van der Waals surface area contributed by atoms with Crippen LogP contribution in [-0.4, -0.2) is 17.0 Å². The smallest absolute Gasteiger partial charge is 0.131 e. The average Bonchev–Trinajstić information content (AvgIpc) is 2.32. The van der Waals surface area contributed by atoms with Crippen molar-refractivity contribution < 1.29 is 10.9 Å². The van der Waals surface area contributed by atoms with Crippen LogP contribution in [0.1, 0.15) is 33.6 Å². The van der Waals surface area contributed by atoms with E-state index in [-0.39, 0.29) is 16.9 Å². The molecule has 0 aromatic heterocycles. The highest BCUT2D eigenvalue weighted by Crippen LogP contribution is 2.63. The third-order valence-electron chi connectivity index (χ3n) is 4.81. The van der Waals surface area contributed by atoms with Gasteiger partial charge >= 0.3 is 0 Å². The van der Waals surface area contributed by atoms with E-state index in [4.69, 9.17) is 5.21 Å². The Labute approximate surface area is 79.0 Å². The topological polar surface area (TPSA) is 60.2 Å². The fourth-order valence-electron chi connectivity index (χ4n) is 3.48. The molecule has 0 aromatic rings. The van der Waals surface area contributed by atoms with Gasteiger partial charge in [-0.3, -0.25) is 0 Å². The summed E-state index contributed by atoms with van der Waals surface area (Å²) in [6, 6.07) is 0.221. The molecule has 0 aliphatic heterocycles. The van der Waals surface area contributed by atoms with Gasteiger partial charge in [-0.2, -0.15) is 0 Å². The van der Waals surface area contributed by atoms with Crippen molar-refractivity contribution in [3.8, 4) is 0 Å². The molecule has 0 saturated heterocycles. The summed E-state index contributed by atoms with van der Waals surface area (Å²) in [7, 11) is 0. The summed E-state index contributed by atoms with van der Waals surface area (Å²) in [5, 5.41) is 12.5. The van der Waals surface area contributed by atoms with Crippen LogP contribution in [0.5, 0.6) is 0 Å². The molecule has 0 amide bonds. The van der Waals surface area contributed by atoms with E-state index in [1.54, 1.807) is 0 Å². The lowest BCUT2D eigenvalue weighted by Gasteiger charge is -2.32. The maximum atomic E-state index is 9.00. The van der Waals surface area contributed by atoms with E-state index in [1.807, 2.05) is 0 Å². The lowest BCUT2D eigenvalue weighted by Crippen LogP contribution is -2.68. The number of rotatable bonds is 0. The van der Waals surface area contributed by atoms with Gasteiger partial charge in [0.15, 0.2) is 0 Å². The van der Waals surface area contributed by atoms with Crippen LogP contribution in [-0.2, 0) is 0 Å². The molecule has 2 fully saturated rings. The number of fused-ring (bicyclic) bond motifs is 2. The van der Waals surface area contributed by atoms with E-state index in [9.17, 15) is 0 Å². The molecule has 13 heavy (non-hydrogen) atoms. The molecule has 2 aliphatic carbocycles. The lowest BCUT2D eigenvalue weighted by molar-refractivity contribution is -0.409. The van der Waals surface area contributed by atoms with Crippen LogP contribution in [0.25, 0.3) is 0 Å². The second-order valence-corrected chi connectivity index (χ2v) is 5.29. The van der Waals surface area contributed by atoms with Gasteiger partial charge in [0.1, 0.15) is 11.8 Å². The quantitative estimate of drug-likeness (QED) is 0.425. The standard InChI is InChI=1S/C10H18N2O/c1-9(2)6-4-5-10(9,3)8(12-13)7(6)11/h6-7,13H,4-5,11H2,1-3H3/p+1/b12-8-/t6-,7-,10-/m1/s1. The van der Waals surface area contributed by atoms with Crippen LogP contribution in [0, 0.1) is 16.7 Å². The highest BCUT2D eigenvalue weighted by atomic mass is 16.4. The van der Waals surface area contributed by atoms with Gasteiger partial charge in [-0.25, -0.2) is 0 Å². The molecule has 3 heteroatoms. The highest BCUT2D eigenvalue weighted by Gasteiger charge is 2.66. The Bertz CT molecular complexity index is 272. The first-order valence-electron chi connectivity index (χ1n) is 5.00. The normalized spacial score (nSPS) is 50.3. The minimum atomic E-state index is 0.0822. The van der Waals surface area contributed by atoms with Gasteiger partial charge in [0, 0.05) is 11.3 Å². The van der Waals surface area contributed by atoms with Crippen molar-refractivity contribution in [2.75, 3.05) is 0 Å². The average molecular weight is 183 g/mol. The Morgan fingerprint density at radius 2 is 2.08 bits per heavy atom. The van der Waals surface area contributed by atoms with Crippen molar-refractivity contribution in [2.45, 2.75) is 39.7 Å². The summed E-state index contributed by atoms with van der Waals surface area (Å²) in [5.41, 5.74) is 5.38. The molecule has 2 bridgehead atoms. The van der Waals surface area contributed by atoms with Crippen molar-refractivity contribution in [3.05, 3.63) is 0 Å². The summed E-state index contributed by atoms with van der Waals surface area (Å²) < 4.78 is 0. The molecule has 0 radical (unpaired) electrons. The second-order valence-electron chi connectivity index (χ2n) is 5.29. The van der Waals surface area contributed by atoms with Crippen molar-refractivity contribution in [2.24, 2.45) is 21.9 Å². The molecule has 0 unspecified atom stereocenters. The fourth-order valence-corrected chi connectivity index (χ4v) is 3.48. The van der Waals surface area contributed by atoms with Crippen molar-refractivity contribution in [1.29, 1.82) is 0 Å². The first kappa shape index (κ1) is 9.00. The third-order valence-corrected chi connectivity index (χ3v) is 4.81. The van der Waals surface area contributed by atoms with E-state index in [2.05, 4.69) is 31.7 Å². The summed E-state index contributed by atoms with van der Waals surface area (Å²) in [5.74, 6) is 0.600. The first-order valence-corrected chi connectivity index (χ1v) is 5.00. The summed E-state index contributed by atoms with van der Waals surface area (Å²) in [6.07, 6.45) is 2.38. The van der Waals surface area contributed by atoms with E-state index in [0.717, 1.165) is 12.1 Å². The third kappa shape index (κ3) is 0.766. The molecule has 2 saturated carbocycles. The second kappa shape index (κ2) is 2.27. The minimum Gasteiger partial charge on any atom is -0.411 e. The molecule has 3 atom stereocenters. The van der Waals surface area contributed by atoms with Crippen LogP contribution >= 0.6 is 0 Å². The van der Waals surface area contributed by atoms with Crippen molar-refractivity contribution in [3.63, 3.8) is 0 Å². The Kier molecular flexibility index (Phi) is 1.57. The molecule has 3 nitrogen and oxygen atoms in total. The Hall–Kier alpha value is -0.570. The maximum absolute atomic E-state index is 9.00. The number of hydrogen-bond acceptors (Lipinski definition) is 2. The van der Waals surface area contributed by atoms with Gasteiger partial charge in [-0.1, -0.05) is 25.9 Å². The van der Waals surface area contributed by atoms with E-state index in [0.29, 0.717) is 5.92 Å². The SMILES string of the molecule is CC1(C)[C@@H]2CC[C@]1(C)/C(=N\O)[C@@H]2[NH3+]. The summed E-state index contributed by atoms with van der Waals surface area (Å²) in [6.45, 7) is 6.77. The van der Waals surface area contributed by atoms with Crippen molar-refractivity contribution >= 4 is 5.71 Å².